The number of benzene rings is 1. The monoisotopic (exact) mass is 293 g/mol. The molecule has 1 fully saturated rings. The fraction of sp³-hybridized carbons (Fsp3) is 0.562. The zero-order chi connectivity index (χ0) is 15.2. The topological polar surface area (TPSA) is 59.0 Å². The lowest BCUT2D eigenvalue weighted by atomic mass is 10.1. The third-order valence-corrected chi connectivity index (χ3v) is 3.61. The van der Waals surface area contributed by atoms with E-state index in [-0.39, 0.29) is 5.91 Å². The van der Waals surface area contributed by atoms with Gasteiger partial charge in [-0.25, -0.2) is 0 Å². The maximum atomic E-state index is 12.3. The summed E-state index contributed by atoms with van der Waals surface area (Å²) in [5.41, 5.74) is 0.565. The normalized spacial score (nSPS) is 15.6. The van der Waals surface area contributed by atoms with Gasteiger partial charge < -0.3 is 19.5 Å². The summed E-state index contributed by atoms with van der Waals surface area (Å²) < 4.78 is 10.4. The minimum absolute atomic E-state index is 0.105. The van der Waals surface area contributed by atoms with Gasteiger partial charge in [0.15, 0.2) is 0 Å². The van der Waals surface area contributed by atoms with Gasteiger partial charge in [-0.1, -0.05) is 6.07 Å². The Balaban J connectivity index is 1.92. The Hall–Kier alpha value is -1.59. The van der Waals surface area contributed by atoms with Gasteiger partial charge in [-0.05, 0) is 37.0 Å². The summed E-state index contributed by atoms with van der Waals surface area (Å²) in [5.74, 6) is 0.907. The van der Waals surface area contributed by atoms with Gasteiger partial charge in [-0.3, -0.25) is 4.79 Å². The number of aliphatic hydroxyl groups is 1. The van der Waals surface area contributed by atoms with Crippen molar-refractivity contribution in [3.63, 3.8) is 0 Å². The van der Waals surface area contributed by atoms with Crippen LogP contribution >= 0.6 is 0 Å². The molecule has 2 rings (SSSR count). The van der Waals surface area contributed by atoms with Crippen LogP contribution in [0.4, 0.5) is 0 Å². The second-order valence-corrected chi connectivity index (χ2v) is 5.46. The Morgan fingerprint density at radius 2 is 2.19 bits per heavy atom. The minimum atomic E-state index is -0.417. The lowest BCUT2D eigenvalue weighted by Crippen LogP contribution is -2.35. The molecule has 0 spiro atoms. The number of nitrogens with zero attached hydrogens (tertiary/aromatic N) is 1. The molecule has 1 atom stereocenters. The average molecular weight is 293 g/mol. The van der Waals surface area contributed by atoms with Gasteiger partial charge in [0, 0.05) is 26.3 Å². The van der Waals surface area contributed by atoms with Gasteiger partial charge in [-0.2, -0.15) is 0 Å². The van der Waals surface area contributed by atoms with E-state index in [1.807, 2.05) is 6.07 Å². The molecule has 0 bridgehead atoms. The van der Waals surface area contributed by atoms with Crippen molar-refractivity contribution in [3.05, 3.63) is 29.8 Å². The number of carbonyl (C=O) groups is 1. The number of rotatable bonds is 8. The molecule has 1 aromatic carbocycles. The molecule has 1 N–H and O–H groups in total. The van der Waals surface area contributed by atoms with Crippen LogP contribution in [0, 0.1) is 5.92 Å². The minimum Gasteiger partial charge on any atom is -0.491 e. The number of ether oxygens (including phenoxy) is 2. The van der Waals surface area contributed by atoms with Crippen molar-refractivity contribution < 1.29 is 19.4 Å². The highest BCUT2D eigenvalue weighted by molar-refractivity contribution is 5.94. The maximum absolute atomic E-state index is 12.3. The summed E-state index contributed by atoms with van der Waals surface area (Å²) in [4.78, 5) is 13.9. The van der Waals surface area contributed by atoms with E-state index in [0.29, 0.717) is 37.0 Å². The quantitative estimate of drug-likeness (QED) is 0.739. The maximum Gasteiger partial charge on any atom is 0.253 e. The van der Waals surface area contributed by atoms with Crippen LogP contribution in [0.25, 0.3) is 0 Å². The van der Waals surface area contributed by atoms with E-state index in [0.717, 1.165) is 12.8 Å². The average Bonchev–Trinajstić information content (AvgIpc) is 3.31. The lowest BCUT2D eigenvalue weighted by molar-refractivity contribution is 0.0645. The largest absolute Gasteiger partial charge is 0.491 e. The molecule has 0 saturated heterocycles. The van der Waals surface area contributed by atoms with E-state index >= 15 is 0 Å². The Labute approximate surface area is 125 Å². The molecule has 21 heavy (non-hydrogen) atoms. The summed E-state index contributed by atoms with van der Waals surface area (Å²) in [7, 11) is 3.33. The molecule has 0 unspecified atom stereocenters. The van der Waals surface area contributed by atoms with Crippen molar-refractivity contribution in [2.45, 2.75) is 18.9 Å². The number of likely N-dealkylation sites (N-methyl/N-ethyl adjacent to an activating group) is 1. The first-order chi connectivity index (χ1) is 10.1. The molecular formula is C16H23NO4. The highest BCUT2D eigenvalue weighted by Crippen LogP contribution is 2.32. The van der Waals surface area contributed by atoms with E-state index < -0.39 is 6.10 Å². The van der Waals surface area contributed by atoms with E-state index in [9.17, 15) is 9.90 Å². The zero-order valence-corrected chi connectivity index (χ0v) is 12.6. The van der Waals surface area contributed by atoms with Crippen molar-refractivity contribution in [2.24, 2.45) is 5.92 Å². The van der Waals surface area contributed by atoms with E-state index in [1.54, 1.807) is 37.3 Å². The molecule has 1 amide bonds. The molecule has 1 saturated carbocycles. The second-order valence-electron chi connectivity index (χ2n) is 5.46. The number of aliphatic hydroxyl groups excluding tert-OH is 1. The Morgan fingerprint density at radius 3 is 2.86 bits per heavy atom. The molecule has 0 radical (unpaired) electrons. The van der Waals surface area contributed by atoms with Crippen LogP contribution < -0.4 is 4.74 Å². The highest BCUT2D eigenvalue weighted by atomic mass is 16.5. The third-order valence-electron chi connectivity index (χ3n) is 3.61. The van der Waals surface area contributed by atoms with Gasteiger partial charge in [0.1, 0.15) is 12.4 Å². The van der Waals surface area contributed by atoms with Gasteiger partial charge in [0.25, 0.3) is 5.91 Å². The first kappa shape index (κ1) is 15.8. The van der Waals surface area contributed by atoms with Crippen LogP contribution in [0.15, 0.2) is 24.3 Å². The predicted octanol–water partition coefficient (Wildman–Crippen LogP) is 1.55. The summed E-state index contributed by atoms with van der Waals surface area (Å²) in [6.07, 6.45) is 1.71. The number of hydrogen-bond acceptors (Lipinski definition) is 4. The van der Waals surface area contributed by atoms with Crippen LogP contribution in [0.2, 0.25) is 0 Å². The number of hydrogen-bond donors (Lipinski definition) is 1. The van der Waals surface area contributed by atoms with E-state index in [2.05, 4.69) is 0 Å². The summed E-state index contributed by atoms with van der Waals surface area (Å²) in [6, 6.07) is 7.08. The fourth-order valence-corrected chi connectivity index (χ4v) is 2.18. The standard InChI is InChI=1S/C16H23NO4/c1-17(11-15(18)12-6-7-12)16(19)13-4-3-5-14(10-13)21-9-8-20-2/h3-5,10,12,15,18H,6-9,11H2,1-2H3/t15-/m1/s1. The Morgan fingerprint density at radius 1 is 1.43 bits per heavy atom. The molecule has 0 heterocycles. The third kappa shape index (κ3) is 4.72. The van der Waals surface area contributed by atoms with Gasteiger partial charge in [0.2, 0.25) is 0 Å². The Kier molecular flexibility index (Phi) is 5.59. The number of carbonyl (C=O) groups excluding carboxylic acids is 1. The van der Waals surface area contributed by atoms with Crippen molar-refractivity contribution >= 4 is 5.91 Å². The zero-order valence-electron chi connectivity index (χ0n) is 12.6. The Bertz CT molecular complexity index is 473. The van der Waals surface area contributed by atoms with Crippen LogP contribution in [-0.2, 0) is 4.74 Å². The van der Waals surface area contributed by atoms with E-state index in [1.165, 1.54) is 0 Å². The predicted molar refractivity (Wildman–Crippen MR) is 79.5 cm³/mol. The first-order valence-corrected chi connectivity index (χ1v) is 7.27. The summed E-state index contributed by atoms with van der Waals surface area (Å²) >= 11 is 0. The smallest absolute Gasteiger partial charge is 0.253 e. The van der Waals surface area contributed by atoms with Crippen LogP contribution in [0.5, 0.6) is 5.75 Å². The van der Waals surface area contributed by atoms with Gasteiger partial charge >= 0.3 is 0 Å². The molecule has 1 aliphatic carbocycles. The van der Waals surface area contributed by atoms with E-state index in [4.69, 9.17) is 9.47 Å². The van der Waals surface area contributed by atoms with Crippen molar-refractivity contribution in [2.75, 3.05) is 33.9 Å². The molecule has 5 nitrogen and oxygen atoms in total. The molecule has 0 aromatic heterocycles. The van der Waals surface area contributed by atoms with Crippen molar-refractivity contribution in [1.29, 1.82) is 0 Å². The lowest BCUT2D eigenvalue weighted by Gasteiger charge is -2.21. The fourth-order valence-electron chi connectivity index (χ4n) is 2.18. The SMILES string of the molecule is COCCOc1cccc(C(=O)N(C)C[C@@H](O)C2CC2)c1. The van der Waals surface area contributed by atoms with Crippen LogP contribution in [0.1, 0.15) is 23.2 Å². The number of amides is 1. The van der Waals surface area contributed by atoms with Gasteiger partial charge in [-0.15, -0.1) is 0 Å². The molecule has 116 valence electrons. The van der Waals surface area contributed by atoms with Crippen molar-refractivity contribution in [3.8, 4) is 5.75 Å². The van der Waals surface area contributed by atoms with Crippen LogP contribution in [0.3, 0.4) is 0 Å². The number of methoxy groups -OCH3 is 1. The molecule has 0 aliphatic heterocycles. The molecular weight excluding hydrogens is 270 g/mol. The second kappa shape index (κ2) is 7.43. The van der Waals surface area contributed by atoms with Crippen molar-refractivity contribution in [1.82, 2.24) is 4.90 Å². The summed E-state index contributed by atoms with van der Waals surface area (Å²) in [5, 5.41) is 9.92. The van der Waals surface area contributed by atoms with Crippen LogP contribution in [-0.4, -0.2) is 55.9 Å². The molecule has 1 aromatic rings. The molecule has 5 heteroatoms. The van der Waals surface area contributed by atoms with Gasteiger partial charge in [0.05, 0.1) is 12.7 Å². The summed E-state index contributed by atoms with van der Waals surface area (Å²) in [6.45, 7) is 1.33. The molecule has 1 aliphatic rings. The highest BCUT2D eigenvalue weighted by Gasteiger charge is 2.31. The first-order valence-electron chi connectivity index (χ1n) is 7.27.